The molecule has 1 aliphatic heterocycles. The van der Waals surface area contributed by atoms with E-state index in [9.17, 15) is 9.90 Å². The van der Waals surface area contributed by atoms with Gasteiger partial charge in [-0.1, -0.05) is 0 Å². The topological polar surface area (TPSA) is 117 Å². The third kappa shape index (κ3) is 2.19. The van der Waals surface area contributed by atoms with Crippen molar-refractivity contribution in [3.05, 3.63) is 16.8 Å². The predicted molar refractivity (Wildman–Crippen MR) is 74.1 cm³/mol. The number of aromatic nitrogens is 4. The van der Waals surface area contributed by atoms with E-state index in [1.807, 2.05) is 14.1 Å². The van der Waals surface area contributed by atoms with Crippen molar-refractivity contribution in [3.63, 3.8) is 0 Å². The van der Waals surface area contributed by atoms with Crippen LogP contribution in [0, 0.1) is 0 Å². The van der Waals surface area contributed by atoms with E-state index in [-0.39, 0.29) is 18.7 Å². The lowest BCUT2D eigenvalue weighted by atomic mass is 10.2. The molecule has 3 rings (SSSR count). The first-order valence-electron chi connectivity index (χ1n) is 6.60. The highest BCUT2D eigenvalue weighted by Crippen LogP contribution is 2.30. The van der Waals surface area contributed by atoms with Gasteiger partial charge in [0.05, 0.1) is 12.7 Å². The molecule has 3 heterocycles. The number of anilines is 1. The Morgan fingerprint density at radius 1 is 1.52 bits per heavy atom. The number of H-pyrrole nitrogens is 1. The molecule has 2 aromatic rings. The van der Waals surface area contributed by atoms with Crippen LogP contribution in [0.3, 0.4) is 0 Å². The number of nitrogens with one attached hydrogen (secondary N) is 1. The number of rotatable bonds is 3. The average molecular weight is 295 g/mol. The highest BCUT2D eigenvalue weighted by atomic mass is 16.5. The second-order valence-electron chi connectivity index (χ2n) is 5.21. The largest absolute Gasteiger partial charge is 0.394 e. The second-order valence-corrected chi connectivity index (χ2v) is 5.21. The van der Waals surface area contributed by atoms with Crippen molar-refractivity contribution in [1.29, 1.82) is 0 Å². The molecule has 0 aromatic carbocycles. The van der Waals surface area contributed by atoms with Gasteiger partial charge in [0.15, 0.2) is 11.5 Å². The first kappa shape index (κ1) is 14.0. The van der Waals surface area contributed by atoms with Gasteiger partial charge in [0.2, 0.25) is 0 Å². The number of nitrogens with zero attached hydrogens (tertiary/aromatic N) is 4. The highest BCUT2D eigenvalue weighted by molar-refractivity contribution is 5.83. The van der Waals surface area contributed by atoms with Gasteiger partial charge in [-0.15, -0.1) is 0 Å². The molecule has 3 atom stereocenters. The third-order valence-electron chi connectivity index (χ3n) is 3.58. The van der Waals surface area contributed by atoms with E-state index in [2.05, 4.69) is 15.0 Å². The van der Waals surface area contributed by atoms with Crippen LogP contribution >= 0.6 is 0 Å². The second kappa shape index (κ2) is 5.10. The molecule has 1 saturated heterocycles. The van der Waals surface area contributed by atoms with E-state index in [1.165, 1.54) is 10.9 Å². The number of imidazole rings is 1. The molecule has 1 aliphatic rings. The van der Waals surface area contributed by atoms with Gasteiger partial charge in [0.1, 0.15) is 24.2 Å². The van der Waals surface area contributed by atoms with Crippen LogP contribution in [0.4, 0.5) is 5.82 Å². The zero-order chi connectivity index (χ0) is 15.1. The highest BCUT2D eigenvalue weighted by Gasteiger charge is 2.36. The predicted octanol–water partition coefficient (Wildman–Crippen LogP) is -1.17. The van der Waals surface area contributed by atoms with E-state index < -0.39 is 18.4 Å². The first-order chi connectivity index (χ1) is 10.0. The first-order valence-corrected chi connectivity index (χ1v) is 6.60. The van der Waals surface area contributed by atoms with E-state index >= 15 is 0 Å². The molecule has 0 spiro atoms. The molecule has 1 fully saturated rings. The maximum Gasteiger partial charge on any atom is 0.329 e. The third-order valence-corrected chi connectivity index (χ3v) is 3.58. The van der Waals surface area contributed by atoms with Crippen LogP contribution in [0.25, 0.3) is 11.2 Å². The summed E-state index contributed by atoms with van der Waals surface area (Å²) in [6, 6.07) is 0. The Morgan fingerprint density at radius 2 is 2.29 bits per heavy atom. The summed E-state index contributed by atoms with van der Waals surface area (Å²) in [5, 5.41) is 19.0. The van der Waals surface area contributed by atoms with Gasteiger partial charge in [-0.3, -0.25) is 0 Å². The fourth-order valence-electron chi connectivity index (χ4n) is 2.57. The van der Waals surface area contributed by atoms with Gasteiger partial charge in [-0.25, -0.2) is 19.3 Å². The van der Waals surface area contributed by atoms with Crippen molar-refractivity contribution in [2.45, 2.75) is 24.9 Å². The zero-order valence-electron chi connectivity index (χ0n) is 11.7. The molecular weight excluding hydrogens is 278 g/mol. The smallest absolute Gasteiger partial charge is 0.329 e. The van der Waals surface area contributed by atoms with Gasteiger partial charge in [0, 0.05) is 20.5 Å². The molecule has 0 radical (unpaired) electrons. The Hall–Kier alpha value is -1.97. The van der Waals surface area contributed by atoms with Crippen LogP contribution in [0.5, 0.6) is 0 Å². The number of hydrogen-bond acceptors (Lipinski definition) is 7. The molecule has 2 aromatic heterocycles. The molecule has 0 amide bonds. The number of ether oxygens (including phenoxy) is 1. The fourth-order valence-corrected chi connectivity index (χ4v) is 2.57. The van der Waals surface area contributed by atoms with Gasteiger partial charge >= 0.3 is 5.69 Å². The van der Waals surface area contributed by atoms with E-state index in [1.54, 1.807) is 4.90 Å². The molecule has 0 saturated carbocycles. The van der Waals surface area contributed by atoms with E-state index in [4.69, 9.17) is 9.84 Å². The lowest BCUT2D eigenvalue weighted by Gasteiger charge is -2.14. The summed E-state index contributed by atoms with van der Waals surface area (Å²) in [5.74, 6) is 0.591. The maximum absolute atomic E-state index is 12.2. The Labute approximate surface area is 119 Å². The van der Waals surface area contributed by atoms with Gasteiger partial charge < -0.3 is 24.8 Å². The van der Waals surface area contributed by atoms with E-state index in [0.717, 1.165) is 0 Å². The zero-order valence-corrected chi connectivity index (χ0v) is 11.7. The van der Waals surface area contributed by atoms with Crippen molar-refractivity contribution < 1.29 is 14.9 Å². The summed E-state index contributed by atoms with van der Waals surface area (Å²) in [5.41, 5.74) is 0.539. The summed E-state index contributed by atoms with van der Waals surface area (Å²) in [4.78, 5) is 25.0. The van der Waals surface area contributed by atoms with Crippen LogP contribution in [-0.2, 0) is 4.74 Å². The minimum absolute atomic E-state index is 0.222. The number of aliphatic hydroxyl groups is 2. The standard InChI is InChI=1S/C12H17N5O4/c1-16(2)10-9-11(14-5-13-10)17(12(20)15-9)8-3-6(19)7(4-18)21-8/h5-8,18-19H,3-4H2,1-2H3,(H,15,20)/t6-,7+,8+/m1/s1. The van der Waals surface area contributed by atoms with Gasteiger partial charge in [-0.2, -0.15) is 0 Å². The molecule has 0 aliphatic carbocycles. The molecule has 0 bridgehead atoms. The van der Waals surface area contributed by atoms with Crippen molar-refractivity contribution in [3.8, 4) is 0 Å². The number of aromatic amines is 1. The molecule has 9 heteroatoms. The lowest BCUT2D eigenvalue weighted by Crippen LogP contribution is -2.25. The molecule has 9 nitrogen and oxygen atoms in total. The fraction of sp³-hybridized carbons (Fsp3) is 0.583. The summed E-state index contributed by atoms with van der Waals surface area (Å²) in [6.07, 6.45) is -0.576. The normalized spacial score (nSPS) is 25.6. The van der Waals surface area contributed by atoms with Crippen molar-refractivity contribution >= 4 is 17.0 Å². The minimum Gasteiger partial charge on any atom is -0.394 e. The Morgan fingerprint density at radius 3 is 2.90 bits per heavy atom. The van der Waals surface area contributed by atoms with Crippen LogP contribution < -0.4 is 10.6 Å². The van der Waals surface area contributed by atoms with Crippen molar-refractivity contribution in [2.75, 3.05) is 25.6 Å². The lowest BCUT2D eigenvalue weighted by molar-refractivity contribution is -0.0441. The Kier molecular flexibility index (Phi) is 3.40. The van der Waals surface area contributed by atoms with Crippen LogP contribution in [0.15, 0.2) is 11.1 Å². The number of hydrogen-bond donors (Lipinski definition) is 3. The van der Waals surface area contributed by atoms with Gasteiger partial charge in [0.25, 0.3) is 0 Å². The summed E-state index contributed by atoms with van der Waals surface area (Å²) < 4.78 is 6.88. The number of fused-ring (bicyclic) bond motifs is 1. The van der Waals surface area contributed by atoms with Crippen molar-refractivity contribution in [1.82, 2.24) is 19.5 Å². The van der Waals surface area contributed by atoms with Crippen LogP contribution in [0.2, 0.25) is 0 Å². The molecule has 114 valence electrons. The molecule has 3 N–H and O–H groups in total. The SMILES string of the molecule is CN(C)c1ncnc2c1[nH]c(=O)n2[C@@H]1C[C@@H](O)[C@H](CO)O1. The molecule has 21 heavy (non-hydrogen) atoms. The van der Waals surface area contributed by atoms with E-state index in [0.29, 0.717) is 17.0 Å². The summed E-state index contributed by atoms with van der Waals surface area (Å²) in [6.45, 7) is -0.299. The van der Waals surface area contributed by atoms with Gasteiger partial charge in [-0.05, 0) is 0 Å². The van der Waals surface area contributed by atoms with Crippen LogP contribution in [0.1, 0.15) is 12.6 Å². The molecule has 0 unspecified atom stereocenters. The Bertz CT molecular complexity index is 709. The minimum atomic E-state index is -0.813. The Balaban J connectivity index is 2.10. The quantitative estimate of drug-likeness (QED) is 0.653. The monoisotopic (exact) mass is 295 g/mol. The maximum atomic E-state index is 12.2. The van der Waals surface area contributed by atoms with Crippen LogP contribution in [-0.4, -0.2) is 62.6 Å². The number of aliphatic hydroxyl groups excluding tert-OH is 2. The summed E-state index contributed by atoms with van der Waals surface area (Å²) >= 11 is 0. The molecular formula is C12H17N5O4. The van der Waals surface area contributed by atoms with Crippen molar-refractivity contribution in [2.24, 2.45) is 0 Å². The average Bonchev–Trinajstić information content (AvgIpc) is 2.96. The summed E-state index contributed by atoms with van der Waals surface area (Å²) in [7, 11) is 3.63.